The van der Waals surface area contributed by atoms with Crippen molar-refractivity contribution in [2.45, 2.75) is 32.3 Å². The number of nitrogens with one attached hydrogen (secondary N) is 1. The standard InChI is InChI=1S/C24H29N5O2/c1-16-19(5-4-6-20(16)25)21-15-28(3)23(30)22(27-21)26-17-7-9-18(10-8-17)29-13-11-24(2,31)12-14-29/h4-10,15,31H,11-14,25H2,1-3H3,(H,26,27). The van der Waals surface area contributed by atoms with Gasteiger partial charge in [-0.1, -0.05) is 12.1 Å². The first-order valence-corrected chi connectivity index (χ1v) is 10.5. The van der Waals surface area contributed by atoms with Gasteiger partial charge in [0.25, 0.3) is 5.56 Å². The highest BCUT2D eigenvalue weighted by atomic mass is 16.3. The zero-order valence-corrected chi connectivity index (χ0v) is 18.2. The lowest BCUT2D eigenvalue weighted by molar-refractivity contribution is 0.0351. The van der Waals surface area contributed by atoms with E-state index in [-0.39, 0.29) is 11.4 Å². The smallest absolute Gasteiger partial charge is 0.293 e. The fraction of sp³-hybridized carbons (Fsp3) is 0.333. The van der Waals surface area contributed by atoms with Crippen molar-refractivity contribution in [3.8, 4) is 11.3 Å². The van der Waals surface area contributed by atoms with Gasteiger partial charge in [0.05, 0.1) is 11.3 Å². The van der Waals surface area contributed by atoms with Crippen LogP contribution in [0.2, 0.25) is 0 Å². The first-order chi connectivity index (χ1) is 14.7. The van der Waals surface area contributed by atoms with Crippen molar-refractivity contribution in [1.82, 2.24) is 9.55 Å². The maximum Gasteiger partial charge on any atom is 0.293 e. The topological polar surface area (TPSA) is 96.4 Å². The summed E-state index contributed by atoms with van der Waals surface area (Å²) in [4.78, 5) is 19.5. The lowest BCUT2D eigenvalue weighted by Crippen LogP contribution is -2.42. The zero-order chi connectivity index (χ0) is 22.2. The Morgan fingerprint density at radius 2 is 1.81 bits per heavy atom. The number of hydrogen-bond donors (Lipinski definition) is 3. The molecule has 7 nitrogen and oxygen atoms in total. The number of aryl methyl sites for hydroxylation is 1. The fourth-order valence-corrected chi connectivity index (χ4v) is 3.89. The number of benzene rings is 2. The largest absolute Gasteiger partial charge is 0.398 e. The molecule has 1 fully saturated rings. The van der Waals surface area contributed by atoms with Crippen LogP contribution < -0.4 is 21.5 Å². The molecule has 0 radical (unpaired) electrons. The van der Waals surface area contributed by atoms with Crippen molar-refractivity contribution in [2.24, 2.45) is 7.05 Å². The first-order valence-electron chi connectivity index (χ1n) is 10.5. The number of nitrogens with zero attached hydrogens (tertiary/aromatic N) is 3. The van der Waals surface area contributed by atoms with Gasteiger partial charge < -0.3 is 25.6 Å². The Morgan fingerprint density at radius 3 is 2.48 bits per heavy atom. The summed E-state index contributed by atoms with van der Waals surface area (Å²) in [7, 11) is 1.72. The Kier molecular flexibility index (Phi) is 5.45. The second kappa shape index (κ2) is 8.07. The number of aliphatic hydroxyl groups is 1. The Balaban J connectivity index is 1.57. The third-order valence-corrected chi connectivity index (χ3v) is 6.06. The molecule has 0 bridgehead atoms. The summed E-state index contributed by atoms with van der Waals surface area (Å²) in [6, 6.07) is 13.6. The Morgan fingerprint density at radius 1 is 1.13 bits per heavy atom. The Bertz CT molecular complexity index is 1140. The summed E-state index contributed by atoms with van der Waals surface area (Å²) < 4.78 is 1.53. The minimum atomic E-state index is -0.573. The van der Waals surface area contributed by atoms with E-state index in [1.54, 1.807) is 13.2 Å². The summed E-state index contributed by atoms with van der Waals surface area (Å²) in [5.74, 6) is 0.267. The molecule has 162 valence electrons. The van der Waals surface area contributed by atoms with Crippen LogP contribution in [-0.2, 0) is 7.05 Å². The molecule has 1 saturated heterocycles. The molecule has 31 heavy (non-hydrogen) atoms. The molecular weight excluding hydrogens is 390 g/mol. The number of rotatable bonds is 4. The van der Waals surface area contributed by atoms with E-state index >= 15 is 0 Å². The minimum Gasteiger partial charge on any atom is -0.398 e. The van der Waals surface area contributed by atoms with Crippen molar-refractivity contribution in [1.29, 1.82) is 0 Å². The van der Waals surface area contributed by atoms with E-state index in [2.05, 4.69) is 15.2 Å². The van der Waals surface area contributed by atoms with Crippen molar-refractivity contribution in [3.05, 3.63) is 64.6 Å². The highest BCUT2D eigenvalue weighted by Crippen LogP contribution is 2.28. The summed E-state index contributed by atoms with van der Waals surface area (Å²) in [5, 5.41) is 13.3. The molecule has 2 aromatic carbocycles. The van der Waals surface area contributed by atoms with E-state index in [9.17, 15) is 9.90 Å². The molecule has 0 saturated carbocycles. The molecule has 7 heteroatoms. The van der Waals surface area contributed by atoms with Crippen molar-refractivity contribution in [3.63, 3.8) is 0 Å². The van der Waals surface area contributed by atoms with Crippen LogP contribution >= 0.6 is 0 Å². The molecule has 0 aliphatic carbocycles. The van der Waals surface area contributed by atoms with E-state index in [0.29, 0.717) is 11.4 Å². The second-order valence-corrected chi connectivity index (χ2v) is 8.57. The van der Waals surface area contributed by atoms with E-state index in [0.717, 1.165) is 48.4 Å². The van der Waals surface area contributed by atoms with Crippen LogP contribution in [0.5, 0.6) is 0 Å². The normalized spacial score (nSPS) is 15.7. The van der Waals surface area contributed by atoms with Crippen molar-refractivity contribution >= 4 is 22.9 Å². The van der Waals surface area contributed by atoms with E-state index in [1.807, 2.05) is 56.3 Å². The first kappa shape index (κ1) is 20.9. The van der Waals surface area contributed by atoms with Gasteiger partial charge in [-0.15, -0.1) is 0 Å². The number of nitrogens with two attached hydrogens (primary N) is 1. The lowest BCUT2D eigenvalue weighted by Gasteiger charge is -2.37. The SMILES string of the molecule is Cc1c(N)cccc1-c1cn(C)c(=O)c(Nc2ccc(N3CCC(C)(O)CC3)cc2)n1. The number of piperidine rings is 1. The van der Waals surface area contributed by atoms with E-state index < -0.39 is 5.60 Å². The van der Waals surface area contributed by atoms with Gasteiger partial charge in [0.1, 0.15) is 0 Å². The molecule has 2 heterocycles. The number of hydrogen-bond acceptors (Lipinski definition) is 6. The predicted octanol–water partition coefficient (Wildman–Crippen LogP) is 3.43. The highest BCUT2D eigenvalue weighted by molar-refractivity contribution is 5.71. The number of nitrogen functional groups attached to an aromatic ring is 1. The maximum absolute atomic E-state index is 12.7. The third-order valence-electron chi connectivity index (χ3n) is 6.06. The van der Waals surface area contributed by atoms with Crippen LogP contribution in [0.25, 0.3) is 11.3 Å². The average Bonchev–Trinajstić information content (AvgIpc) is 2.74. The van der Waals surface area contributed by atoms with Gasteiger partial charge in [-0.2, -0.15) is 0 Å². The molecule has 3 aromatic rings. The summed E-state index contributed by atoms with van der Waals surface area (Å²) >= 11 is 0. The van der Waals surface area contributed by atoms with Crippen molar-refractivity contribution < 1.29 is 5.11 Å². The molecule has 4 N–H and O–H groups in total. The molecule has 0 unspecified atom stereocenters. The zero-order valence-electron chi connectivity index (χ0n) is 18.2. The van der Waals surface area contributed by atoms with Gasteiger partial charge in [-0.25, -0.2) is 4.98 Å². The molecule has 1 aliphatic rings. The molecule has 0 atom stereocenters. The predicted molar refractivity (Wildman–Crippen MR) is 126 cm³/mol. The van der Waals surface area contributed by atoms with Gasteiger partial charge in [0.2, 0.25) is 0 Å². The van der Waals surface area contributed by atoms with Gasteiger partial charge in [-0.05, 0) is 62.6 Å². The molecule has 4 rings (SSSR count). The van der Waals surface area contributed by atoms with Crippen LogP contribution in [0.1, 0.15) is 25.3 Å². The van der Waals surface area contributed by atoms with Gasteiger partial charge in [0.15, 0.2) is 5.82 Å². The molecule has 1 aliphatic heterocycles. The van der Waals surface area contributed by atoms with Gasteiger partial charge in [0, 0.05) is 49.0 Å². The van der Waals surface area contributed by atoms with Crippen LogP contribution in [0.4, 0.5) is 22.9 Å². The van der Waals surface area contributed by atoms with Crippen LogP contribution in [0.15, 0.2) is 53.5 Å². The van der Waals surface area contributed by atoms with Crippen LogP contribution in [0, 0.1) is 6.92 Å². The molecule has 0 spiro atoms. The quantitative estimate of drug-likeness (QED) is 0.561. The van der Waals surface area contributed by atoms with E-state index in [4.69, 9.17) is 5.73 Å². The van der Waals surface area contributed by atoms with Gasteiger partial charge >= 0.3 is 0 Å². The second-order valence-electron chi connectivity index (χ2n) is 8.57. The summed E-state index contributed by atoms with van der Waals surface area (Å²) in [6.07, 6.45) is 3.23. The van der Waals surface area contributed by atoms with Crippen LogP contribution in [0.3, 0.4) is 0 Å². The molecular formula is C24H29N5O2. The van der Waals surface area contributed by atoms with E-state index in [1.165, 1.54) is 4.57 Å². The monoisotopic (exact) mass is 419 g/mol. The third kappa shape index (κ3) is 4.41. The average molecular weight is 420 g/mol. The van der Waals surface area contributed by atoms with Gasteiger partial charge in [-0.3, -0.25) is 4.79 Å². The van der Waals surface area contributed by atoms with Crippen LogP contribution in [-0.4, -0.2) is 33.3 Å². The summed E-state index contributed by atoms with van der Waals surface area (Å²) in [6.45, 7) is 5.49. The molecule has 0 amide bonds. The number of aromatic nitrogens is 2. The Labute approximate surface area is 182 Å². The lowest BCUT2D eigenvalue weighted by atomic mass is 9.93. The molecule has 1 aromatic heterocycles. The minimum absolute atomic E-state index is 0.201. The highest BCUT2D eigenvalue weighted by Gasteiger charge is 2.27. The Hall–Kier alpha value is -3.32. The summed E-state index contributed by atoms with van der Waals surface area (Å²) in [5.41, 5.74) is 10.4. The van der Waals surface area contributed by atoms with Crippen molar-refractivity contribution in [2.75, 3.05) is 29.0 Å². The number of anilines is 4. The fourth-order valence-electron chi connectivity index (χ4n) is 3.89. The maximum atomic E-state index is 12.7.